The molecule has 2 aromatic rings. The van der Waals surface area contributed by atoms with Crippen molar-refractivity contribution in [1.29, 1.82) is 0 Å². The van der Waals surface area contributed by atoms with Crippen LogP contribution in [0.15, 0.2) is 59.6 Å². The standard InChI is InChI=1S/C22H26N4O2.HI/c1-2-23-22(25-15-18-7-10-20-21(13-18)28-16-27-20)24-14-17-5-8-19(9-6-17)26-11-3-4-12-26;/h3-10,13H,2,11-12,14-16H2,1H3,(H2,23,24,25);1H. The summed E-state index contributed by atoms with van der Waals surface area (Å²) in [6, 6.07) is 14.6. The van der Waals surface area contributed by atoms with Gasteiger partial charge < -0.3 is 25.0 Å². The van der Waals surface area contributed by atoms with E-state index in [4.69, 9.17) is 9.47 Å². The summed E-state index contributed by atoms with van der Waals surface area (Å²) in [6.45, 7) is 6.46. The number of nitrogens with zero attached hydrogens (tertiary/aromatic N) is 2. The average Bonchev–Trinajstić information content (AvgIpc) is 3.42. The number of guanidine groups is 1. The smallest absolute Gasteiger partial charge is 0.231 e. The van der Waals surface area contributed by atoms with Crippen LogP contribution in [0.5, 0.6) is 11.5 Å². The van der Waals surface area contributed by atoms with E-state index >= 15 is 0 Å². The largest absolute Gasteiger partial charge is 0.454 e. The maximum Gasteiger partial charge on any atom is 0.231 e. The van der Waals surface area contributed by atoms with Crippen LogP contribution in [0, 0.1) is 0 Å². The lowest BCUT2D eigenvalue weighted by atomic mass is 10.2. The van der Waals surface area contributed by atoms with Crippen LogP contribution in [-0.2, 0) is 13.1 Å². The van der Waals surface area contributed by atoms with Crippen molar-refractivity contribution in [2.45, 2.75) is 20.0 Å². The van der Waals surface area contributed by atoms with Gasteiger partial charge in [0.25, 0.3) is 0 Å². The third kappa shape index (κ3) is 5.56. The van der Waals surface area contributed by atoms with Crippen LogP contribution in [0.3, 0.4) is 0 Å². The van der Waals surface area contributed by atoms with Gasteiger partial charge >= 0.3 is 0 Å². The van der Waals surface area contributed by atoms with Gasteiger partial charge in [-0.1, -0.05) is 30.4 Å². The Bertz CT molecular complexity index is 860. The fourth-order valence-electron chi connectivity index (χ4n) is 3.25. The van der Waals surface area contributed by atoms with Crippen LogP contribution >= 0.6 is 24.0 Å². The average molecular weight is 506 g/mol. The van der Waals surface area contributed by atoms with Crippen LogP contribution in [0.2, 0.25) is 0 Å². The fourth-order valence-corrected chi connectivity index (χ4v) is 3.25. The number of nitrogens with one attached hydrogen (secondary N) is 2. The van der Waals surface area contributed by atoms with Crippen molar-refractivity contribution in [3.05, 3.63) is 65.7 Å². The molecule has 0 fully saturated rings. The van der Waals surface area contributed by atoms with Gasteiger partial charge in [-0.15, -0.1) is 24.0 Å². The van der Waals surface area contributed by atoms with E-state index in [0.29, 0.717) is 13.3 Å². The number of hydrogen-bond donors (Lipinski definition) is 2. The van der Waals surface area contributed by atoms with Crippen molar-refractivity contribution in [3.8, 4) is 11.5 Å². The second kappa shape index (κ2) is 10.4. The first kappa shape index (κ1) is 21.3. The fraction of sp³-hybridized carbons (Fsp3) is 0.318. The second-order valence-electron chi connectivity index (χ2n) is 6.78. The highest BCUT2D eigenvalue weighted by Gasteiger charge is 2.13. The Hall–Kier alpha value is -2.42. The predicted molar refractivity (Wildman–Crippen MR) is 127 cm³/mol. The molecule has 0 unspecified atom stereocenters. The first-order valence-corrected chi connectivity index (χ1v) is 9.71. The summed E-state index contributed by atoms with van der Waals surface area (Å²) >= 11 is 0. The first-order chi connectivity index (χ1) is 13.8. The Kier molecular flexibility index (Phi) is 7.62. The van der Waals surface area contributed by atoms with Crippen LogP contribution in [0.25, 0.3) is 0 Å². The third-order valence-electron chi connectivity index (χ3n) is 4.78. The molecule has 2 heterocycles. The van der Waals surface area contributed by atoms with E-state index in [1.54, 1.807) is 0 Å². The number of ether oxygens (including phenoxy) is 2. The molecule has 0 aromatic heterocycles. The molecule has 0 bridgehead atoms. The molecule has 0 radical (unpaired) electrons. The van der Waals surface area contributed by atoms with Gasteiger partial charge in [-0.05, 0) is 42.3 Å². The third-order valence-corrected chi connectivity index (χ3v) is 4.78. The van der Waals surface area contributed by atoms with Crippen molar-refractivity contribution in [2.24, 2.45) is 4.99 Å². The molecular formula is C22H27IN4O2. The zero-order valence-corrected chi connectivity index (χ0v) is 18.9. The van der Waals surface area contributed by atoms with Gasteiger partial charge in [-0.3, -0.25) is 0 Å². The molecule has 2 aromatic carbocycles. The van der Waals surface area contributed by atoms with E-state index < -0.39 is 0 Å². The summed E-state index contributed by atoms with van der Waals surface area (Å²) in [4.78, 5) is 7.03. The highest BCUT2D eigenvalue weighted by Crippen LogP contribution is 2.32. The lowest BCUT2D eigenvalue weighted by Gasteiger charge is -2.18. The lowest BCUT2D eigenvalue weighted by molar-refractivity contribution is 0.174. The van der Waals surface area contributed by atoms with Gasteiger partial charge in [0.1, 0.15) is 0 Å². The van der Waals surface area contributed by atoms with E-state index in [1.165, 1.54) is 11.3 Å². The molecular weight excluding hydrogens is 479 g/mol. The zero-order valence-electron chi connectivity index (χ0n) is 16.6. The van der Waals surface area contributed by atoms with Crippen molar-refractivity contribution >= 4 is 35.6 Å². The molecule has 7 heteroatoms. The van der Waals surface area contributed by atoms with E-state index in [9.17, 15) is 0 Å². The van der Waals surface area contributed by atoms with Gasteiger partial charge in [0.2, 0.25) is 6.79 Å². The maximum atomic E-state index is 5.44. The molecule has 0 saturated heterocycles. The quantitative estimate of drug-likeness (QED) is 0.271. The number of anilines is 1. The molecule has 2 aliphatic heterocycles. The minimum atomic E-state index is 0. The summed E-state index contributed by atoms with van der Waals surface area (Å²) < 4.78 is 10.8. The number of fused-ring (bicyclic) bond motifs is 1. The summed E-state index contributed by atoms with van der Waals surface area (Å²) in [5.74, 6) is 2.39. The molecule has 0 amide bonds. The van der Waals surface area contributed by atoms with Gasteiger partial charge in [0.05, 0.1) is 6.54 Å². The molecule has 29 heavy (non-hydrogen) atoms. The summed E-state index contributed by atoms with van der Waals surface area (Å²) in [5, 5.41) is 6.70. The van der Waals surface area contributed by atoms with E-state index in [0.717, 1.165) is 49.2 Å². The summed E-state index contributed by atoms with van der Waals surface area (Å²) in [7, 11) is 0. The van der Waals surface area contributed by atoms with Crippen LogP contribution in [-0.4, -0.2) is 32.4 Å². The molecule has 6 nitrogen and oxygen atoms in total. The lowest BCUT2D eigenvalue weighted by Crippen LogP contribution is -2.36. The molecule has 0 saturated carbocycles. The number of aliphatic imine (C=N–C) groups is 1. The normalized spacial score (nSPS) is 14.7. The highest BCUT2D eigenvalue weighted by atomic mass is 127. The van der Waals surface area contributed by atoms with Crippen LogP contribution in [0.1, 0.15) is 18.1 Å². The molecule has 0 atom stereocenters. The van der Waals surface area contributed by atoms with E-state index in [-0.39, 0.29) is 24.0 Å². The Labute approximate surface area is 189 Å². The Balaban J connectivity index is 0.00000240. The molecule has 154 valence electrons. The minimum Gasteiger partial charge on any atom is -0.454 e. The summed E-state index contributed by atoms with van der Waals surface area (Å²) in [6.07, 6.45) is 4.41. The SMILES string of the molecule is CCNC(=NCc1ccc2c(c1)OCO2)NCc1ccc(N2CC=CC2)cc1.I. The van der Waals surface area contributed by atoms with Crippen LogP contribution in [0.4, 0.5) is 5.69 Å². The Morgan fingerprint density at radius 1 is 0.966 bits per heavy atom. The van der Waals surface area contributed by atoms with Crippen molar-refractivity contribution in [3.63, 3.8) is 0 Å². The van der Waals surface area contributed by atoms with Crippen molar-refractivity contribution in [1.82, 2.24) is 10.6 Å². The predicted octanol–water partition coefficient (Wildman–Crippen LogP) is 3.66. The summed E-state index contributed by atoms with van der Waals surface area (Å²) in [5.41, 5.74) is 3.58. The van der Waals surface area contributed by atoms with Crippen molar-refractivity contribution in [2.75, 3.05) is 31.3 Å². The van der Waals surface area contributed by atoms with Gasteiger partial charge in [0, 0.05) is 31.9 Å². The van der Waals surface area contributed by atoms with Gasteiger partial charge in [0.15, 0.2) is 17.5 Å². The van der Waals surface area contributed by atoms with Gasteiger partial charge in [-0.25, -0.2) is 4.99 Å². The maximum absolute atomic E-state index is 5.44. The van der Waals surface area contributed by atoms with Crippen molar-refractivity contribution < 1.29 is 9.47 Å². The Morgan fingerprint density at radius 2 is 1.69 bits per heavy atom. The van der Waals surface area contributed by atoms with E-state index in [1.807, 2.05) is 18.2 Å². The Morgan fingerprint density at radius 3 is 2.45 bits per heavy atom. The molecule has 0 spiro atoms. The molecule has 4 rings (SSSR count). The first-order valence-electron chi connectivity index (χ1n) is 9.71. The number of rotatable bonds is 6. The molecule has 2 aliphatic rings. The number of halogens is 1. The van der Waals surface area contributed by atoms with Gasteiger partial charge in [-0.2, -0.15) is 0 Å². The second-order valence-corrected chi connectivity index (χ2v) is 6.78. The number of hydrogen-bond acceptors (Lipinski definition) is 4. The monoisotopic (exact) mass is 506 g/mol. The van der Waals surface area contributed by atoms with E-state index in [2.05, 4.69) is 63.9 Å². The van der Waals surface area contributed by atoms with Crippen LogP contribution < -0.4 is 25.0 Å². The highest BCUT2D eigenvalue weighted by molar-refractivity contribution is 14.0. The zero-order chi connectivity index (χ0) is 19.2. The molecule has 2 N–H and O–H groups in total. The number of benzene rings is 2. The minimum absolute atomic E-state index is 0. The topological polar surface area (TPSA) is 58.1 Å². The molecule has 0 aliphatic carbocycles.